The third-order valence-corrected chi connectivity index (χ3v) is 10.5. The Hall–Kier alpha value is -7.84. The monoisotopic (exact) mass is 820 g/mol. The maximum absolute atomic E-state index is 5.91. The van der Waals surface area contributed by atoms with Gasteiger partial charge in [-0.1, -0.05) is 81.4 Å². The average molecular weight is 821 g/mol. The van der Waals surface area contributed by atoms with Crippen LogP contribution in [-0.4, -0.2) is 0 Å². The van der Waals surface area contributed by atoms with E-state index in [1.165, 1.54) is 22.3 Å². The zero-order valence-electron chi connectivity index (χ0n) is 35.2. The van der Waals surface area contributed by atoms with Crippen molar-refractivity contribution in [3.8, 4) is 46.0 Å². The van der Waals surface area contributed by atoms with Crippen molar-refractivity contribution in [3.63, 3.8) is 0 Å². The smallest absolute Gasteiger partial charge is 0.129 e. The summed E-state index contributed by atoms with van der Waals surface area (Å²) in [7, 11) is 0. The zero-order valence-corrected chi connectivity index (χ0v) is 35.2. The molecule has 0 spiro atoms. The van der Waals surface area contributed by atoms with Crippen LogP contribution in [0.5, 0.6) is 46.0 Å². The van der Waals surface area contributed by atoms with E-state index in [0.29, 0.717) is 28.7 Å². The second-order valence-electron chi connectivity index (χ2n) is 15.5. The fourth-order valence-electron chi connectivity index (χ4n) is 7.02. The lowest BCUT2D eigenvalue weighted by molar-refractivity contribution is 0.481. The Morgan fingerprint density at radius 1 is 0.355 bits per heavy atom. The molecule has 0 heterocycles. The maximum atomic E-state index is 5.91. The van der Waals surface area contributed by atoms with Gasteiger partial charge in [-0.15, -0.1) is 0 Å². The molecule has 0 bridgehead atoms. The van der Waals surface area contributed by atoms with Crippen LogP contribution in [-0.2, 0) is 5.41 Å². The van der Waals surface area contributed by atoms with Crippen LogP contribution >= 0.6 is 0 Å². The lowest BCUT2D eigenvalue weighted by atomic mass is 9.78. The lowest BCUT2D eigenvalue weighted by Crippen LogP contribution is -2.18. The molecule has 0 amide bonds. The Bertz CT molecular complexity index is 2460. The first kappa shape index (κ1) is 42.3. The van der Waals surface area contributed by atoms with Gasteiger partial charge in [-0.3, -0.25) is 0 Å². The van der Waals surface area contributed by atoms with Crippen molar-refractivity contribution in [3.05, 3.63) is 216 Å². The van der Waals surface area contributed by atoms with Crippen molar-refractivity contribution in [2.75, 3.05) is 22.9 Å². The van der Waals surface area contributed by atoms with Gasteiger partial charge in [-0.25, -0.2) is 0 Å². The minimum absolute atomic E-state index is 0.167. The summed E-state index contributed by atoms with van der Waals surface area (Å²) in [5.74, 6) is 6.43. The van der Waals surface area contributed by atoms with Gasteiger partial charge in [0.05, 0.1) is 0 Å². The van der Waals surface area contributed by atoms with Gasteiger partial charge in [-0.2, -0.15) is 0 Å². The Kier molecular flexibility index (Phi) is 13.3. The van der Waals surface area contributed by atoms with Crippen molar-refractivity contribution in [1.82, 2.24) is 0 Å². The molecule has 8 nitrogen and oxygen atoms in total. The summed E-state index contributed by atoms with van der Waals surface area (Å²) in [5.41, 5.74) is 30.6. The molecule has 8 aromatic rings. The van der Waals surface area contributed by atoms with Crippen LogP contribution in [0.25, 0.3) is 0 Å². The van der Waals surface area contributed by atoms with Gasteiger partial charge in [0, 0.05) is 46.2 Å². The van der Waals surface area contributed by atoms with Gasteiger partial charge in [0.25, 0.3) is 0 Å². The summed E-state index contributed by atoms with van der Waals surface area (Å²) in [6, 6.07) is 62.5. The van der Waals surface area contributed by atoms with E-state index in [1.807, 2.05) is 146 Å². The van der Waals surface area contributed by atoms with Crippen LogP contribution in [0, 0.1) is 0 Å². The number of anilines is 4. The number of nitrogen functional groups attached to an aromatic ring is 4. The second kappa shape index (κ2) is 19.5. The van der Waals surface area contributed by atoms with Gasteiger partial charge in [0.15, 0.2) is 0 Å². The first-order valence-electron chi connectivity index (χ1n) is 20.6. The first-order chi connectivity index (χ1) is 30.0. The average Bonchev–Trinajstić information content (AvgIpc) is 3.27. The van der Waals surface area contributed by atoms with Crippen LogP contribution in [0.2, 0.25) is 0 Å². The van der Waals surface area contributed by atoms with Gasteiger partial charge >= 0.3 is 0 Å². The lowest BCUT2D eigenvalue weighted by Gasteiger charge is -2.26. The molecular formula is C54H52N4O4. The largest absolute Gasteiger partial charge is 0.457 e. The molecule has 0 aliphatic rings. The SMILES string of the molecule is CC(C)(c1ccc(Oc2ccc(N)cc2)cc1)c1ccc(Oc2ccc(N)cc2)cc1.CCC(c1ccc(Oc2cccc(N)c2)cc1)c1ccc(Oc2cccc(N)c2)cc1. The highest BCUT2D eigenvalue weighted by atomic mass is 16.5. The van der Waals surface area contributed by atoms with Gasteiger partial charge in [0.1, 0.15) is 46.0 Å². The van der Waals surface area contributed by atoms with E-state index >= 15 is 0 Å². The van der Waals surface area contributed by atoms with E-state index in [2.05, 4.69) is 69.3 Å². The summed E-state index contributed by atoms with van der Waals surface area (Å²) in [5, 5.41) is 0. The fraction of sp³-hybridized carbons (Fsp3) is 0.111. The Balaban J connectivity index is 0.000000186. The van der Waals surface area contributed by atoms with E-state index in [0.717, 1.165) is 52.4 Å². The molecule has 312 valence electrons. The van der Waals surface area contributed by atoms with Crippen LogP contribution in [0.1, 0.15) is 55.4 Å². The highest BCUT2D eigenvalue weighted by Crippen LogP contribution is 2.36. The highest BCUT2D eigenvalue weighted by Gasteiger charge is 2.23. The third kappa shape index (κ3) is 11.2. The van der Waals surface area contributed by atoms with E-state index in [-0.39, 0.29) is 5.41 Å². The number of hydrogen-bond acceptors (Lipinski definition) is 8. The zero-order chi connectivity index (χ0) is 43.5. The van der Waals surface area contributed by atoms with E-state index in [1.54, 1.807) is 0 Å². The molecule has 0 saturated heterocycles. The Labute approximate surface area is 364 Å². The number of rotatable bonds is 13. The first-order valence-corrected chi connectivity index (χ1v) is 20.6. The molecule has 8 heteroatoms. The minimum atomic E-state index is -0.167. The van der Waals surface area contributed by atoms with Crippen molar-refractivity contribution < 1.29 is 18.9 Å². The molecule has 0 atom stereocenters. The van der Waals surface area contributed by atoms with Crippen molar-refractivity contribution in [2.24, 2.45) is 0 Å². The molecule has 8 N–H and O–H groups in total. The maximum Gasteiger partial charge on any atom is 0.129 e. The molecule has 0 aliphatic carbocycles. The molecular weight excluding hydrogens is 769 g/mol. The van der Waals surface area contributed by atoms with Crippen LogP contribution < -0.4 is 41.9 Å². The van der Waals surface area contributed by atoms with Gasteiger partial charge in [0.2, 0.25) is 0 Å². The quantitative estimate of drug-likeness (QED) is 0.0843. The normalized spacial score (nSPS) is 11.0. The molecule has 0 unspecified atom stereocenters. The van der Waals surface area contributed by atoms with E-state index in [9.17, 15) is 0 Å². The Morgan fingerprint density at radius 2 is 0.645 bits per heavy atom. The molecule has 62 heavy (non-hydrogen) atoms. The predicted octanol–water partition coefficient (Wildman–Crippen LogP) is 13.7. The van der Waals surface area contributed by atoms with Crippen molar-refractivity contribution in [2.45, 2.75) is 38.5 Å². The number of nitrogens with two attached hydrogens (primary N) is 4. The van der Waals surface area contributed by atoms with Crippen molar-refractivity contribution >= 4 is 22.7 Å². The van der Waals surface area contributed by atoms with Gasteiger partial charge < -0.3 is 41.9 Å². The standard InChI is InChI=1S/2C27H26N2O2/c1-27(2,19-3-11-23(12-4-19)30-25-15-7-21(28)8-16-25)20-5-13-24(14-6-20)31-26-17-9-22(29)10-18-26;1-2-27(19-9-13-23(14-10-19)30-25-7-3-5-21(28)17-25)20-11-15-24(16-12-20)31-26-8-4-6-22(29)18-26/h3-18H,28-29H2,1-2H3;3-18,27H,2,28-29H2,1H3. The molecule has 8 rings (SSSR count). The molecule has 0 fully saturated rings. The summed E-state index contributed by atoms with van der Waals surface area (Å²) in [6.07, 6.45) is 0.991. The van der Waals surface area contributed by atoms with Crippen LogP contribution in [0.3, 0.4) is 0 Å². The molecule has 0 aliphatic heterocycles. The van der Waals surface area contributed by atoms with Crippen LogP contribution in [0.15, 0.2) is 194 Å². The van der Waals surface area contributed by atoms with Gasteiger partial charge in [-0.05, 0) is 150 Å². The Morgan fingerprint density at radius 3 is 0.952 bits per heavy atom. The molecule has 8 aromatic carbocycles. The number of ether oxygens (including phenoxy) is 4. The van der Waals surface area contributed by atoms with E-state index < -0.39 is 0 Å². The summed E-state index contributed by atoms with van der Waals surface area (Å²) in [4.78, 5) is 0. The topological polar surface area (TPSA) is 141 Å². The summed E-state index contributed by atoms with van der Waals surface area (Å²) >= 11 is 0. The molecule has 0 aromatic heterocycles. The number of hydrogen-bond donors (Lipinski definition) is 4. The third-order valence-electron chi connectivity index (χ3n) is 10.5. The van der Waals surface area contributed by atoms with Crippen molar-refractivity contribution in [1.29, 1.82) is 0 Å². The minimum Gasteiger partial charge on any atom is -0.457 e. The summed E-state index contributed by atoms with van der Waals surface area (Å²) < 4.78 is 23.6. The predicted molar refractivity (Wildman–Crippen MR) is 254 cm³/mol. The molecule has 0 saturated carbocycles. The van der Waals surface area contributed by atoms with E-state index in [4.69, 9.17) is 41.9 Å². The number of benzene rings is 8. The van der Waals surface area contributed by atoms with Crippen LogP contribution in [0.4, 0.5) is 22.7 Å². The molecule has 0 radical (unpaired) electrons. The second-order valence-corrected chi connectivity index (χ2v) is 15.5. The summed E-state index contributed by atoms with van der Waals surface area (Å²) in [6.45, 7) is 6.61. The highest BCUT2D eigenvalue weighted by molar-refractivity contribution is 5.49. The fourth-order valence-corrected chi connectivity index (χ4v) is 7.02.